The monoisotopic (exact) mass is 778 g/mol. The number of thiophene rings is 1. The minimum Gasteiger partial charge on any atom is -0.379 e. The first kappa shape index (κ1) is 38.3. The van der Waals surface area contributed by atoms with Gasteiger partial charge in [-0.1, -0.05) is 18.2 Å². The highest BCUT2D eigenvalue weighted by Gasteiger charge is 2.33. The van der Waals surface area contributed by atoms with E-state index >= 15 is 0 Å². The molecule has 16 heteroatoms. The van der Waals surface area contributed by atoms with Crippen LogP contribution in [0.25, 0.3) is 21.3 Å². The molecule has 5 heterocycles. The third-order valence-corrected chi connectivity index (χ3v) is 13.2. The van der Waals surface area contributed by atoms with Gasteiger partial charge in [0.15, 0.2) is 0 Å². The lowest BCUT2D eigenvalue weighted by molar-refractivity contribution is -0.137. The van der Waals surface area contributed by atoms with Gasteiger partial charge in [-0.25, -0.2) is 12.8 Å². The summed E-state index contributed by atoms with van der Waals surface area (Å²) in [6, 6.07) is 9.75. The number of alkyl halides is 3. The van der Waals surface area contributed by atoms with Crippen LogP contribution in [0.15, 0.2) is 42.5 Å². The minimum atomic E-state index is -4.46. The Morgan fingerprint density at radius 2 is 1.72 bits per heavy atom. The summed E-state index contributed by atoms with van der Waals surface area (Å²) < 4.78 is 88.4. The summed E-state index contributed by atoms with van der Waals surface area (Å²) in [6.45, 7) is 8.21. The lowest BCUT2D eigenvalue weighted by Crippen LogP contribution is -2.41. The molecule has 0 spiro atoms. The highest BCUT2D eigenvalue weighted by Crippen LogP contribution is 2.43. The second-order valence-corrected chi connectivity index (χ2v) is 17.3. The Bertz CT molecular complexity index is 1990. The molecule has 2 N–H and O–H groups in total. The van der Waals surface area contributed by atoms with E-state index in [2.05, 4.69) is 15.1 Å². The van der Waals surface area contributed by atoms with E-state index in [4.69, 9.17) is 9.84 Å². The molecule has 2 saturated heterocycles. The molecule has 0 amide bonds. The zero-order valence-corrected chi connectivity index (χ0v) is 31.4. The van der Waals surface area contributed by atoms with E-state index in [1.165, 1.54) is 33.8 Å². The number of rotatable bonds is 12. The quantitative estimate of drug-likeness (QED) is 0.145. The predicted octanol–water partition coefficient (Wildman–Crippen LogP) is 5.42. The SMILES string of the molecule is CS(=O)(=O)N1CCc2c(c(-c3ccc(C(F)(F)F)cc3)nn2CCCN2CCC(c3c(C(O)NCCN4CCOCC4)sc4cc(F)ccc34)CC2)C1. The summed E-state index contributed by atoms with van der Waals surface area (Å²) in [7, 11) is -3.47. The number of ether oxygens (including phenoxy) is 1. The maximum atomic E-state index is 14.3. The van der Waals surface area contributed by atoms with Gasteiger partial charge in [0.1, 0.15) is 12.0 Å². The van der Waals surface area contributed by atoms with Crippen molar-refractivity contribution in [2.75, 3.05) is 71.8 Å². The van der Waals surface area contributed by atoms with E-state index in [1.807, 2.05) is 10.7 Å². The lowest BCUT2D eigenvalue weighted by Gasteiger charge is -2.33. The molecular weight excluding hydrogens is 733 g/mol. The van der Waals surface area contributed by atoms with E-state index in [1.54, 1.807) is 6.07 Å². The molecule has 2 aromatic heterocycles. The van der Waals surface area contributed by atoms with Crippen LogP contribution in [-0.2, 0) is 40.4 Å². The van der Waals surface area contributed by atoms with Crippen LogP contribution in [-0.4, -0.2) is 109 Å². The molecule has 288 valence electrons. The second kappa shape index (κ2) is 16.0. The highest BCUT2D eigenvalue weighted by atomic mass is 32.2. The summed E-state index contributed by atoms with van der Waals surface area (Å²) >= 11 is 1.46. The van der Waals surface area contributed by atoms with Crippen LogP contribution < -0.4 is 5.32 Å². The van der Waals surface area contributed by atoms with Crippen molar-refractivity contribution in [2.45, 2.75) is 57.1 Å². The molecule has 2 aromatic carbocycles. The van der Waals surface area contributed by atoms with Gasteiger partial charge in [0.2, 0.25) is 10.0 Å². The molecule has 1 atom stereocenters. The van der Waals surface area contributed by atoms with Crippen LogP contribution in [0.2, 0.25) is 0 Å². The standard InChI is InChI=1S/C37H46F4N6O4S2/c1-53(49,50)46-17-11-31-30(24-46)34(26-3-5-27(6-4-26)37(39,40)41)43-47(31)14-2-13-44-15-9-25(10-16-44)33-29-8-7-28(38)23-32(29)52-35(33)36(48)42-12-18-45-19-21-51-22-20-45/h3-8,23,25,36,42,48H,2,9-22,24H2,1H3. The minimum absolute atomic E-state index is 0.127. The Balaban J connectivity index is 1.00. The number of aliphatic hydroxyl groups is 1. The van der Waals surface area contributed by atoms with Gasteiger partial charge in [-0.15, -0.1) is 11.3 Å². The molecule has 3 aliphatic heterocycles. The highest BCUT2D eigenvalue weighted by molar-refractivity contribution is 7.88. The normalized spacial score (nSPS) is 19.2. The Morgan fingerprint density at radius 1 is 1.00 bits per heavy atom. The smallest absolute Gasteiger partial charge is 0.379 e. The zero-order chi connectivity index (χ0) is 37.3. The molecule has 0 bridgehead atoms. The summed E-state index contributed by atoms with van der Waals surface area (Å²) in [5.41, 5.74) is 3.05. The number of benzene rings is 2. The van der Waals surface area contributed by atoms with Gasteiger partial charge in [-0.05, 0) is 80.0 Å². The molecule has 0 radical (unpaired) electrons. The Kier molecular flexibility index (Phi) is 11.6. The Morgan fingerprint density at radius 3 is 2.42 bits per heavy atom. The van der Waals surface area contributed by atoms with Crippen LogP contribution >= 0.6 is 11.3 Å². The van der Waals surface area contributed by atoms with Gasteiger partial charge < -0.3 is 14.7 Å². The van der Waals surface area contributed by atoms with Gasteiger partial charge in [0.25, 0.3) is 0 Å². The first-order chi connectivity index (χ1) is 25.3. The van der Waals surface area contributed by atoms with Gasteiger partial charge in [-0.2, -0.15) is 22.6 Å². The maximum Gasteiger partial charge on any atom is 0.416 e. The largest absolute Gasteiger partial charge is 0.416 e. The molecule has 0 aliphatic carbocycles. The number of likely N-dealkylation sites (tertiary alicyclic amines) is 1. The molecule has 7 rings (SSSR count). The fraction of sp³-hybridized carbons (Fsp3) is 0.541. The van der Waals surface area contributed by atoms with Crippen LogP contribution in [0, 0.1) is 5.82 Å². The molecule has 0 saturated carbocycles. The molecule has 53 heavy (non-hydrogen) atoms. The number of aromatic nitrogens is 2. The van der Waals surface area contributed by atoms with Gasteiger partial charge >= 0.3 is 6.18 Å². The van der Waals surface area contributed by atoms with Gasteiger partial charge in [0, 0.05) is 73.8 Å². The number of aliphatic hydroxyl groups excluding tert-OH is 1. The molecule has 2 fully saturated rings. The Hall–Kier alpha value is -2.96. The van der Waals surface area contributed by atoms with E-state index < -0.39 is 28.0 Å². The van der Waals surface area contributed by atoms with E-state index in [9.17, 15) is 31.1 Å². The maximum absolute atomic E-state index is 14.3. The molecular formula is C37H46F4N6O4S2. The zero-order valence-electron chi connectivity index (χ0n) is 29.7. The van der Waals surface area contributed by atoms with Crippen molar-refractivity contribution in [3.63, 3.8) is 0 Å². The number of sulfonamides is 1. The predicted molar refractivity (Wildman–Crippen MR) is 197 cm³/mol. The van der Waals surface area contributed by atoms with Crippen molar-refractivity contribution in [1.82, 2.24) is 29.2 Å². The molecule has 10 nitrogen and oxygen atoms in total. The van der Waals surface area contributed by atoms with Crippen molar-refractivity contribution in [2.24, 2.45) is 0 Å². The first-order valence-electron chi connectivity index (χ1n) is 18.2. The van der Waals surface area contributed by atoms with Gasteiger partial charge in [0.05, 0.1) is 35.6 Å². The van der Waals surface area contributed by atoms with Crippen LogP contribution in [0.5, 0.6) is 0 Å². The fourth-order valence-electron chi connectivity index (χ4n) is 7.88. The number of halogens is 4. The van der Waals surface area contributed by atoms with Crippen molar-refractivity contribution in [3.05, 3.63) is 75.5 Å². The summed E-state index contributed by atoms with van der Waals surface area (Å²) in [6.07, 6.45) is -1.09. The van der Waals surface area contributed by atoms with E-state index in [-0.39, 0.29) is 18.3 Å². The summed E-state index contributed by atoms with van der Waals surface area (Å²) in [5, 5.41) is 20.5. The number of hydrogen-bond acceptors (Lipinski definition) is 9. The van der Waals surface area contributed by atoms with Crippen LogP contribution in [0.1, 0.15) is 58.7 Å². The number of nitrogens with one attached hydrogen (secondary N) is 1. The number of fused-ring (bicyclic) bond motifs is 2. The first-order valence-corrected chi connectivity index (χ1v) is 20.9. The van der Waals surface area contributed by atoms with E-state index in [0.717, 1.165) is 122 Å². The van der Waals surface area contributed by atoms with Crippen molar-refractivity contribution in [1.29, 1.82) is 0 Å². The third kappa shape index (κ3) is 8.80. The summed E-state index contributed by atoms with van der Waals surface area (Å²) in [4.78, 5) is 5.58. The fourth-order valence-corrected chi connectivity index (χ4v) is 9.95. The number of nitrogens with zero attached hydrogens (tertiary/aromatic N) is 5. The number of morpholine rings is 1. The van der Waals surface area contributed by atoms with Crippen molar-refractivity contribution >= 4 is 31.4 Å². The van der Waals surface area contributed by atoms with Gasteiger partial charge in [-0.3, -0.25) is 14.9 Å². The average Bonchev–Trinajstić information content (AvgIpc) is 3.70. The lowest BCUT2D eigenvalue weighted by atomic mass is 9.87. The molecule has 3 aliphatic rings. The third-order valence-electron chi connectivity index (χ3n) is 10.7. The molecule has 4 aromatic rings. The van der Waals surface area contributed by atoms with E-state index in [0.29, 0.717) is 37.3 Å². The van der Waals surface area contributed by atoms with Crippen LogP contribution in [0.3, 0.4) is 0 Å². The van der Waals surface area contributed by atoms with Crippen molar-refractivity contribution < 1.29 is 35.8 Å². The van der Waals surface area contributed by atoms with Crippen LogP contribution in [0.4, 0.5) is 17.6 Å². The average molecular weight is 779 g/mol. The second-order valence-electron chi connectivity index (χ2n) is 14.2. The molecule has 1 unspecified atom stereocenters. The summed E-state index contributed by atoms with van der Waals surface area (Å²) in [5.74, 6) is -0.0718. The number of aryl methyl sites for hydroxylation is 1. The Labute approximate surface area is 311 Å². The topological polar surface area (TPSA) is 103 Å². The number of piperidine rings is 1. The number of hydrogen-bond donors (Lipinski definition) is 2. The van der Waals surface area contributed by atoms with Crippen molar-refractivity contribution in [3.8, 4) is 11.3 Å².